The Balaban J connectivity index is 1.45. The number of hydrogen-bond donors (Lipinski definition) is 2. The lowest BCUT2D eigenvalue weighted by atomic mass is 9.90. The van der Waals surface area contributed by atoms with E-state index in [2.05, 4.69) is 60.7 Å². The van der Waals surface area contributed by atoms with Crippen molar-refractivity contribution in [3.05, 3.63) is 60.2 Å². The van der Waals surface area contributed by atoms with Crippen molar-refractivity contribution in [1.82, 2.24) is 25.1 Å². The number of nitrogens with zero attached hydrogens (tertiary/aromatic N) is 4. The van der Waals surface area contributed by atoms with Crippen molar-refractivity contribution in [2.45, 2.75) is 32.2 Å². The van der Waals surface area contributed by atoms with E-state index < -0.39 is 0 Å². The van der Waals surface area contributed by atoms with Crippen LogP contribution in [-0.4, -0.2) is 44.7 Å². The molecule has 2 N–H and O–H groups in total. The predicted molar refractivity (Wildman–Crippen MR) is 107 cm³/mol. The van der Waals surface area contributed by atoms with Gasteiger partial charge in [-0.1, -0.05) is 30.3 Å². The molecule has 1 aliphatic heterocycles. The molecule has 0 radical (unpaired) electrons. The Morgan fingerprint density at radius 2 is 1.96 bits per heavy atom. The van der Waals surface area contributed by atoms with Crippen LogP contribution in [0, 0.1) is 0 Å². The van der Waals surface area contributed by atoms with Crippen molar-refractivity contribution in [2.75, 3.05) is 25.0 Å². The molecule has 0 aliphatic carbocycles. The van der Waals surface area contributed by atoms with Crippen LogP contribution in [0.3, 0.4) is 0 Å². The Bertz CT molecular complexity index is 843. The maximum absolute atomic E-state index is 4.39. The summed E-state index contributed by atoms with van der Waals surface area (Å²) in [6.45, 7) is 5.90. The SMILES string of the molecule is CCNc1ncc(CN2CCCC(c3[nH]ncc3-c3ccccc3)C2)cn1. The van der Waals surface area contributed by atoms with Gasteiger partial charge >= 0.3 is 0 Å². The van der Waals surface area contributed by atoms with Crippen molar-refractivity contribution < 1.29 is 0 Å². The molecule has 0 bridgehead atoms. The fourth-order valence-electron chi connectivity index (χ4n) is 3.83. The first-order valence-corrected chi connectivity index (χ1v) is 9.69. The molecule has 0 spiro atoms. The van der Waals surface area contributed by atoms with Crippen LogP contribution in [0.2, 0.25) is 0 Å². The van der Waals surface area contributed by atoms with Crippen LogP contribution < -0.4 is 5.32 Å². The highest BCUT2D eigenvalue weighted by atomic mass is 15.2. The van der Waals surface area contributed by atoms with E-state index >= 15 is 0 Å². The van der Waals surface area contributed by atoms with Crippen LogP contribution >= 0.6 is 0 Å². The Kier molecular flexibility index (Phi) is 5.44. The zero-order valence-corrected chi connectivity index (χ0v) is 15.7. The van der Waals surface area contributed by atoms with Gasteiger partial charge < -0.3 is 5.32 Å². The second kappa shape index (κ2) is 8.31. The van der Waals surface area contributed by atoms with Crippen LogP contribution in [-0.2, 0) is 6.54 Å². The van der Waals surface area contributed by atoms with Crippen LogP contribution in [0.25, 0.3) is 11.1 Å². The molecule has 1 aliphatic rings. The molecule has 3 aromatic rings. The van der Waals surface area contributed by atoms with Gasteiger partial charge in [0.05, 0.1) is 6.20 Å². The van der Waals surface area contributed by atoms with Crippen LogP contribution in [0.15, 0.2) is 48.9 Å². The molecule has 6 nitrogen and oxygen atoms in total. The highest BCUT2D eigenvalue weighted by molar-refractivity contribution is 5.65. The normalized spacial score (nSPS) is 17.7. The van der Waals surface area contributed by atoms with E-state index in [1.807, 2.05) is 25.5 Å². The van der Waals surface area contributed by atoms with Gasteiger partial charge in [-0.25, -0.2) is 9.97 Å². The number of benzene rings is 1. The van der Waals surface area contributed by atoms with Gasteiger partial charge in [-0.2, -0.15) is 5.10 Å². The highest BCUT2D eigenvalue weighted by Gasteiger charge is 2.25. The lowest BCUT2D eigenvalue weighted by Crippen LogP contribution is -2.34. The molecule has 1 atom stereocenters. The summed E-state index contributed by atoms with van der Waals surface area (Å²) in [5, 5.41) is 10.7. The lowest BCUT2D eigenvalue weighted by molar-refractivity contribution is 0.198. The molecule has 6 heteroatoms. The summed E-state index contributed by atoms with van der Waals surface area (Å²) in [5.41, 5.74) is 4.86. The van der Waals surface area contributed by atoms with Crippen molar-refractivity contribution in [3.63, 3.8) is 0 Å². The smallest absolute Gasteiger partial charge is 0.222 e. The summed E-state index contributed by atoms with van der Waals surface area (Å²) < 4.78 is 0. The minimum absolute atomic E-state index is 0.471. The Labute approximate surface area is 160 Å². The monoisotopic (exact) mass is 362 g/mol. The zero-order valence-electron chi connectivity index (χ0n) is 15.7. The summed E-state index contributed by atoms with van der Waals surface area (Å²) in [5.74, 6) is 1.17. The van der Waals surface area contributed by atoms with Crippen LogP contribution in [0.4, 0.5) is 5.95 Å². The predicted octanol–water partition coefficient (Wildman–Crippen LogP) is 3.68. The molecule has 1 fully saturated rings. The van der Waals surface area contributed by atoms with E-state index in [0.717, 1.165) is 31.7 Å². The van der Waals surface area contributed by atoms with E-state index in [-0.39, 0.29) is 0 Å². The third-order valence-corrected chi connectivity index (χ3v) is 5.11. The summed E-state index contributed by atoms with van der Waals surface area (Å²) in [6, 6.07) is 10.5. The Morgan fingerprint density at radius 3 is 2.74 bits per heavy atom. The molecule has 0 amide bonds. The number of hydrogen-bond acceptors (Lipinski definition) is 5. The number of H-pyrrole nitrogens is 1. The summed E-state index contributed by atoms with van der Waals surface area (Å²) >= 11 is 0. The second-order valence-corrected chi connectivity index (χ2v) is 7.08. The average molecular weight is 362 g/mol. The van der Waals surface area contributed by atoms with Gasteiger partial charge in [0.15, 0.2) is 0 Å². The van der Waals surface area contributed by atoms with Gasteiger partial charge in [-0.3, -0.25) is 10.00 Å². The summed E-state index contributed by atoms with van der Waals surface area (Å²) in [4.78, 5) is 11.3. The Morgan fingerprint density at radius 1 is 1.15 bits per heavy atom. The van der Waals surface area contributed by atoms with Gasteiger partial charge in [-0.15, -0.1) is 0 Å². The molecule has 1 saturated heterocycles. The first-order chi connectivity index (χ1) is 13.3. The van der Waals surface area contributed by atoms with Crippen molar-refractivity contribution in [3.8, 4) is 11.1 Å². The van der Waals surface area contributed by atoms with Crippen LogP contribution in [0.5, 0.6) is 0 Å². The molecule has 1 unspecified atom stereocenters. The number of rotatable bonds is 6. The third-order valence-electron chi connectivity index (χ3n) is 5.11. The first-order valence-electron chi connectivity index (χ1n) is 9.69. The first kappa shape index (κ1) is 17.7. The molecular formula is C21H26N6. The molecule has 140 valence electrons. The highest BCUT2D eigenvalue weighted by Crippen LogP contribution is 2.33. The van der Waals surface area contributed by atoms with E-state index in [4.69, 9.17) is 0 Å². The van der Waals surface area contributed by atoms with Gasteiger partial charge in [0, 0.05) is 54.8 Å². The summed E-state index contributed by atoms with van der Waals surface area (Å²) in [6.07, 6.45) is 8.19. The summed E-state index contributed by atoms with van der Waals surface area (Å²) in [7, 11) is 0. The Hall–Kier alpha value is -2.73. The number of piperidine rings is 1. The standard InChI is InChI=1S/C21H26N6/c1-2-22-21-23-11-16(12-24-21)14-27-10-6-9-18(15-27)20-19(13-25-26-20)17-7-4-3-5-8-17/h3-5,7-8,11-13,18H,2,6,9-10,14-15H2,1H3,(H,25,26)(H,22,23,24). The maximum atomic E-state index is 4.39. The van der Waals surface area contributed by atoms with Gasteiger partial charge in [0.2, 0.25) is 5.95 Å². The molecule has 27 heavy (non-hydrogen) atoms. The quantitative estimate of drug-likeness (QED) is 0.700. The maximum Gasteiger partial charge on any atom is 0.222 e. The zero-order chi connectivity index (χ0) is 18.5. The van der Waals surface area contributed by atoms with Crippen LogP contribution in [0.1, 0.15) is 36.9 Å². The van der Waals surface area contributed by atoms with E-state index in [1.54, 1.807) is 0 Å². The topological polar surface area (TPSA) is 69.7 Å². The minimum atomic E-state index is 0.471. The van der Waals surface area contributed by atoms with E-state index in [0.29, 0.717) is 11.9 Å². The van der Waals surface area contributed by atoms with Gasteiger partial charge in [0.1, 0.15) is 0 Å². The number of likely N-dealkylation sites (tertiary alicyclic amines) is 1. The second-order valence-electron chi connectivity index (χ2n) is 7.08. The van der Waals surface area contributed by atoms with Crippen molar-refractivity contribution in [2.24, 2.45) is 0 Å². The molecule has 2 aromatic heterocycles. The molecular weight excluding hydrogens is 336 g/mol. The van der Waals surface area contributed by atoms with Crippen molar-refractivity contribution >= 4 is 5.95 Å². The van der Waals surface area contributed by atoms with Gasteiger partial charge in [-0.05, 0) is 31.9 Å². The van der Waals surface area contributed by atoms with E-state index in [9.17, 15) is 0 Å². The molecule has 3 heterocycles. The average Bonchev–Trinajstić information content (AvgIpc) is 3.21. The largest absolute Gasteiger partial charge is 0.355 e. The minimum Gasteiger partial charge on any atom is -0.355 e. The number of aromatic amines is 1. The van der Waals surface area contributed by atoms with Gasteiger partial charge in [0.25, 0.3) is 0 Å². The number of nitrogens with one attached hydrogen (secondary N) is 2. The number of aromatic nitrogens is 4. The number of anilines is 1. The lowest BCUT2D eigenvalue weighted by Gasteiger charge is -2.32. The fraction of sp³-hybridized carbons (Fsp3) is 0.381. The molecule has 1 aromatic carbocycles. The molecule has 0 saturated carbocycles. The third kappa shape index (κ3) is 4.17. The molecule has 4 rings (SSSR count). The fourth-order valence-corrected chi connectivity index (χ4v) is 3.83. The van der Waals surface area contributed by atoms with Crippen molar-refractivity contribution in [1.29, 1.82) is 0 Å². The van der Waals surface area contributed by atoms with E-state index in [1.165, 1.54) is 29.7 Å².